The Bertz CT molecular complexity index is 6360. The van der Waals surface area contributed by atoms with E-state index < -0.39 is 5.97 Å². The molecule has 0 spiro atoms. The van der Waals surface area contributed by atoms with Gasteiger partial charge in [0, 0.05) is 63.2 Å². The van der Waals surface area contributed by atoms with Gasteiger partial charge in [-0.25, -0.2) is 14.8 Å². The predicted octanol–water partition coefficient (Wildman–Crippen LogP) is 38.6. The molecule has 786 valence electrons. The third-order valence-corrected chi connectivity index (χ3v) is 30.3. The van der Waals surface area contributed by atoms with Crippen molar-refractivity contribution in [3.05, 3.63) is 232 Å². The van der Waals surface area contributed by atoms with Gasteiger partial charge in [0.1, 0.15) is 34.0 Å². The third-order valence-electron chi connectivity index (χ3n) is 29.8. The molecule has 0 aliphatic carbocycles. The normalized spacial score (nSPS) is 11.6. The molecule has 0 fully saturated rings. The maximum atomic E-state index is 12.1. The Labute approximate surface area is 897 Å². The molecule has 14 heteroatoms. The Morgan fingerprint density at radius 2 is 0.611 bits per heavy atom. The van der Waals surface area contributed by atoms with Crippen LogP contribution in [0.5, 0.6) is 23.0 Å². The summed E-state index contributed by atoms with van der Waals surface area (Å²) in [4.78, 5) is 34.8. The number of carboxylic acid groups (broad SMARTS) is 1. The number of nitrogens with one attached hydrogen (secondary N) is 2. The molecule has 0 unspecified atom stereocenters. The highest BCUT2D eigenvalue weighted by atomic mass is 32.1. The van der Waals surface area contributed by atoms with E-state index in [9.17, 15) is 9.90 Å². The number of hydrogen-bond acceptors (Lipinski definition) is 11. The summed E-state index contributed by atoms with van der Waals surface area (Å²) in [5, 5.41) is 14.0. The first-order chi connectivity index (χ1) is 73.7. The lowest BCUT2D eigenvalue weighted by molar-refractivity contribution is 0.0696. The average molecular weight is 2020 g/mol. The summed E-state index contributed by atoms with van der Waals surface area (Å²) < 4.78 is 38.8. The van der Waals surface area contributed by atoms with Crippen LogP contribution < -0.4 is 23.8 Å². The highest BCUT2D eigenvalue weighted by Crippen LogP contribution is 2.47. The van der Waals surface area contributed by atoms with Crippen LogP contribution in [0.2, 0.25) is 0 Å². The molecule has 4 aromatic heterocycles. The number of hydrogen-bond donors (Lipinski definition) is 3. The minimum absolute atomic E-state index is 0.207. The van der Waals surface area contributed by atoms with Crippen molar-refractivity contribution in [3.63, 3.8) is 0 Å². The van der Waals surface area contributed by atoms with Gasteiger partial charge >= 0.3 is 5.97 Å². The number of ether oxygens (including phenoxy) is 4. The van der Waals surface area contributed by atoms with Crippen molar-refractivity contribution < 1.29 is 28.8 Å². The molecule has 0 amide bonds. The van der Waals surface area contributed by atoms with Crippen LogP contribution in [-0.4, -0.2) is 79.3 Å². The number of carbonyl (C=O) groups is 1. The fraction of sp³-hybridized carbons (Fsp3) is 0.474. The molecule has 149 heavy (non-hydrogen) atoms. The molecule has 12 aromatic rings. The van der Waals surface area contributed by atoms with Gasteiger partial charge in [-0.3, -0.25) is 0 Å². The predicted molar refractivity (Wildman–Crippen MR) is 634 cm³/mol. The molecule has 2 aliphatic rings. The van der Waals surface area contributed by atoms with E-state index in [1.165, 1.54) is 263 Å². The Morgan fingerprint density at radius 1 is 0.295 bits per heavy atom. The first-order valence-corrected chi connectivity index (χ1v) is 59.3. The number of aromatic nitrogens is 6. The van der Waals surface area contributed by atoms with E-state index in [-0.39, 0.29) is 5.56 Å². The van der Waals surface area contributed by atoms with E-state index in [2.05, 4.69) is 250 Å². The number of unbranched alkanes of at least 4 members (excludes halogenated alkanes) is 46. The summed E-state index contributed by atoms with van der Waals surface area (Å²) in [5.74, 6) is 24.7. The molecule has 8 aromatic carbocycles. The number of nitrogens with zero attached hydrogens (tertiary/aromatic N) is 5. The molecule has 2 aliphatic heterocycles. The molecule has 13 nitrogen and oxygen atoms in total. The van der Waals surface area contributed by atoms with Crippen molar-refractivity contribution in [2.45, 2.75) is 375 Å². The smallest absolute Gasteiger partial charge is 0.335 e. The van der Waals surface area contributed by atoms with Gasteiger partial charge in [-0.2, -0.15) is 8.75 Å². The van der Waals surface area contributed by atoms with Crippen LogP contribution in [0.15, 0.2) is 170 Å². The van der Waals surface area contributed by atoms with Gasteiger partial charge in [-0.1, -0.05) is 451 Å². The van der Waals surface area contributed by atoms with E-state index in [0.717, 1.165) is 196 Å². The first kappa shape index (κ1) is 112. The lowest BCUT2D eigenvalue weighted by Crippen LogP contribution is -2.25. The Kier molecular flexibility index (Phi) is 48.1. The summed E-state index contributed by atoms with van der Waals surface area (Å²) in [7, 11) is 0. The number of H-pyrrole nitrogens is 2. The number of carboxylic acids is 1. The molecule has 0 saturated heterocycles. The fourth-order valence-electron chi connectivity index (χ4n) is 21.1. The molecule has 14 rings (SSSR count). The van der Waals surface area contributed by atoms with Crippen molar-refractivity contribution >= 4 is 102 Å². The number of aromatic carboxylic acids is 1. The summed E-state index contributed by atoms with van der Waals surface area (Å²) in [6.45, 7) is 18.0. The second kappa shape index (κ2) is 63.8. The van der Waals surface area contributed by atoms with E-state index in [0.29, 0.717) is 99.9 Å². The highest BCUT2D eigenvalue weighted by Gasteiger charge is 2.27. The first-order valence-electron chi connectivity index (χ1n) is 58.5. The SMILES string of the molecule is CCCCCCCCCCCCOc1cccc(OCCCCCCCCCCCC)c1-c1c2nc(c(C#Cc3ccc(-c4ccc(C(=O)O)cc4)c4nsnc34)c3ccc([nH]3)c(-c3c(OCCCCCCCCCCCC)cccc3OCCCCCCCCCCCC)c3nc(c(C#Cc4c5ccccc5c(C#Cc5ccc(N(CCCCCCCC)CCCCCCCC)cc5)c5ccccc45)c4ccc1[nH]4)C=C3)C=C2. The van der Waals surface area contributed by atoms with E-state index in [4.69, 9.17) is 37.7 Å². The number of benzene rings is 8. The molecular formula is C135H169N7O6S. The molecule has 0 saturated carbocycles. The topological polar surface area (TPSA) is 161 Å². The van der Waals surface area contributed by atoms with Crippen LogP contribution >= 0.6 is 11.7 Å². The van der Waals surface area contributed by atoms with Crippen LogP contribution in [0.1, 0.15) is 442 Å². The molecular weight excluding hydrogens is 1850 g/mol. The summed E-state index contributed by atoms with van der Waals surface area (Å²) in [6.07, 6.45) is 72.4. The van der Waals surface area contributed by atoms with Gasteiger partial charge in [-0.15, -0.1) is 0 Å². The Morgan fingerprint density at radius 3 is 0.973 bits per heavy atom. The van der Waals surface area contributed by atoms with Crippen molar-refractivity contribution in [2.75, 3.05) is 44.4 Å². The lowest BCUT2D eigenvalue weighted by atomic mass is 9.91. The maximum Gasteiger partial charge on any atom is 0.335 e. The largest absolute Gasteiger partial charge is 0.493 e. The van der Waals surface area contributed by atoms with E-state index in [1.54, 1.807) is 12.1 Å². The minimum atomic E-state index is -0.985. The van der Waals surface area contributed by atoms with Crippen LogP contribution in [0.3, 0.4) is 0 Å². The van der Waals surface area contributed by atoms with E-state index >= 15 is 0 Å². The van der Waals surface area contributed by atoms with E-state index in [1.807, 2.05) is 24.3 Å². The fourth-order valence-corrected chi connectivity index (χ4v) is 21.7. The maximum absolute atomic E-state index is 12.1. The zero-order valence-corrected chi connectivity index (χ0v) is 91.9. The van der Waals surface area contributed by atoms with Gasteiger partial charge in [0.15, 0.2) is 0 Å². The van der Waals surface area contributed by atoms with Crippen molar-refractivity contribution in [3.8, 4) is 91.9 Å². The zero-order chi connectivity index (χ0) is 103. The standard InChI is InChI=1S/C135H169N7O6S/c1-7-13-19-25-31-35-39-43-49-59-99-145-125-69-63-70-126(146-100-60-50-44-40-36-32-26-20-14-8-2)131(125)129-121-93-89-117(136-121)115(86-81-105-80-85-108(134-133(105)140-149-141-134)104-76-78-106(79-77-104)135(143)144)118-90-94-122(137-118)130(132-127(147-101-61-51-45-41-37-33-27-21-15-9-3)71-64-72-128(132)148-102-62-52-46-42-38-34-28-22-16-10-4)124-96-92-120(139-124)116(119-91-95-123(129)138-119)88-87-114-111-67-55-53-65-109(111)113(110-66-54-56-68-112(110)114)84-75-103-73-82-107(83-74-103)142(97-57-47-29-23-17-11-5)98-58-48-30-24-18-12-6/h53-56,63-74,76-80,82-83,85,89-96,136,139H,7-52,57-62,97-102H2,1-6H3,(H,143,144). The summed E-state index contributed by atoms with van der Waals surface area (Å²) in [5.41, 5.74) is 18.2. The molecule has 6 heterocycles. The average Bonchev–Trinajstić information content (AvgIpc) is 1.27. The molecule has 3 N–H and O–H groups in total. The third kappa shape index (κ3) is 33.9. The Balaban J connectivity index is 0.964. The van der Waals surface area contributed by atoms with Crippen LogP contribution in [0.25, 0.3) is 112 Å². The zero-order valence-electron chi connectivity index (χ0n) is 91.1. The number of fused-ring (bicyclic) bond motifs is 11. The number of rotatable bonds is 67. The van der Waals surface area contributed by atoms with Gasteiger partial charge in [-0.05, 0) is 181 Å². The number of anilines is 1. The van der Waals surface area contributed by atoms with Gasteiger partial charge in [0.05, 0.1) is 105 Å². The van der Waals surface area contributed by atoms with Crippen LogP contribution in [0, 0.1) is 35.5 Å². The molecule has 0 atom stereocenters. The summed E-state index contributed by atoms with van der Waals surface area (Å²) >= 11 is 1.13. The van der Waals surface area contributed by atoms with Crippen LogP contribution in [-0.2, 0) is 0 Å². The van der Waals surface area contributed by atoms with Crippen molar-refractivity contribution in [2.24, 2.45) is 0 Å². The van der Waals surface area contributed by atoms with Crippen molar-refractivity contribution in [1.29, 1.82) is 0 Å². The van der Waals surface area contributed by atoms with Gasteiger partial charge < -0.3 is 38.9 Å². The van der Waals surface area contributed by atoms with Crippen LogP contribution in [0.4, 0.5) is 5.69 Å². The van der Waals surface area contributed by atoms with Gasteiger partial charge in [0.2, 0.25) is 0 Å². The Hall–Kier alpha value is -12.2. The van der Waals surface area contributed by atoms with Gasteiger partial charge in [0.25, 0.3) is 0 Å². The molecule has 8 bridgehead atoms. The second-order valence-corrected chi connectivity index (χ2v) is 42.1. The highest BCUT2D eigenvalue weighted by molar-refractivity contribution is 7.00. The lowest BCUT2D eigenvalue weighted by Gasteiger charge is -2.25. The quantitative estimate of drug-likeness (QED) is 0.0189. The second-order valence-electron chi connectivity index (χ2n) is 41.5. The summed E-state index contributed by atoms with van der Waals surface area (Å²) in [6, 6.07) is 58.6. The van der Waals surface area contributed by atoms with Crippen molar-refractivity contribution in [1.82, 2.24) is 28.7 Å². The minimum Gasteiger partial charge on any atom is -0.493 e. The molecule has 0 radical (unpaired) electrons. The number of aromatic amines is 2. The monoisotopic (exact) mass is 2020 g/mol.